The van der Waals surface area contributed by atoms with Gasteiger partial charge in [0.1, 0.15) is 0 Å². The fourth-order valence-corrected chi connectivity index (χ4v) is 2.43. The molecule has 0 aromatic rings. The summed E-state index contributed by atoms with van der Waals surface area (Å²) >= 11 is 0. The van der Waals surface area contributed by atoms with Crippen LogP contribution in [0.5, 0.6) is 0 Å². The summed E-state index contributed by atoms with van der Waals surface area (Å²) < 4.78 is 0. The van der Waals surface area contributed by atoms with Crippen LogP contribution in [-0.2, 0) is 0 Å². The Morgan fingerprint density at radius 1 is 1.38 bits per heavy atom. The molecule has 1 rings (SSSR count). The van der Waals surface area contributed by atoms with Gasteiger partial charge in [0.25, 0.3) is 0 Å². The molecule has 1 aliphatic rings. The molecule has 0 aromatic heterocycles. The lowest BCUT2D eigenvalue weighted by Crippen LogP contribution is -2.40. The Bertz CT molecular complexity index is 205. The molecule has 0 heterocycles. The summed E-state index contributed by atoms with van der Waals surface area (Å²) in [5.74, 6) is 1.09. The maximum Gasteiger partial charge on any atom is 0.0580 e. The van der Waals surface area contributed by atoms with Crippen LogP contribution in [0.3, 0.4) is 0 Å². The molecule has 2 heteroatoms. The van der Waals surface area contributed by atoms with Crippen molar-refractivity contribution >= 4 is 0 Å². The molecule has 94 valence electrons. The van der Waals surface area contributed by atoms with Crippen LogP contribution in [0, 0.1) is 11.8 Å². The van der Waals surface area contributed by atoms with E-state index in [1.807, 2.05) is 6.08 Å². The predicted molar refractivity (Wildman–Crippen MR) is 69.4 cm³/mol. The smallest absolute Gasteiger partial charge is 0.0580 e. The third kappa shape index (κ3) is 4.26. The molecule has 0 bridgehead atoms. The molecular formula is C14H27NO. The molecule has 2 N–H and O–H groups in total. The Morgan fingerprint density at radius 2 is 2.06 bits per heavy atom. The zero-order chi connectivity index (χ0) is 12.0. The van der Waals surface area contributed by atoms with Gasteiger partial charge in [-0.15, -0.1) is 6.58 Å². The highest BCUT2D eigenvalue weighted by atomic mass is 16.3. The highest BCUT2D eigenvalue weighted by Gasteiger charge is 2.23. The predicted octanol–water partition coefficient (Wildman–Crippen LogP) is 2.73. The van der Waals surface area contributed by atoms with Gasteiger partial charge in [-0.2, -0.15) is 0 Å². The van der Waals surface area contributed by atoms with Crippen molar-refractivity contribution in [3.05, 3.63) is 12.7 Å². The van der Waals surface area contributed by atoms with Crippen LogP contribution < -0.4 is 5.32 Å². The largest absolute Gasteiger partial charge is 0.393 e. The lowest BCUT2D eigenvalue weighted by Gasteiger charge is -2.30. The molecule has 1 aliphatic carbocycles. The Hall–Kier alpha value is -0.340. The summed E-state index contributed by atoms with van der Waals surface area (Å²) in [5.41, 5.74) is 0. The van der Waals surface area contributed by atoms with E-state index >= 15 is 0 Å². The molecule has 1 fully saturated rings. The number of hydrogen-bond acceptors (Lipinski definition) is 2. The summed E-state index contributed by atoms with van der Waals surface area (Å²) in [6.07, 6.45) is 7.60. The van der Waals surface area contributed by atoms with Gasteiger partial charge >= 0.3 is 0 Å². The summed E-state index contributed by atoms with van der Waals surface area (Å²) in [4.78, 5) is 0. The SMILES string of the molecule is C=CCC(C)C(C)NCC1CCCCC1O. The minimum atomic E-state index is -0.0804. The first-order valence-electron chi connectivity index (χ1n) is 6.67. The highest BCUT2D eigenvalue weighted by molar-refractivity contribution is 4.81. The summed E-state index contributed by atoms with van der Waals surface area (Å²) in [6.45, 7) is 9.21. The molecule has 2 nitrogen and oxygen atoms in total. The third-order valence-electron chi connectivity index (χ3n) is 3.96. The molecule has 16 heavy (non-hydrogen) atoms. The normalized spacial score (nSPS) is 29.7. The molecule has 4 unspecified atom stereocenters. The van der Waals surface area contributed by atoms with Crippen molar-refractivity contribution in [3.63, 3.8) is 0 Å². The average molecular weight is 225 g/mol. The van der Waals surface area contributed by atoms with E-state index in [0.29, 0.717) is 17.9 Å². The lowest BCUT2D eigenvalue weighted by atomic mass is 9.86. The summed E-state index contributed by atoms with van der Waals surface area (Å²) in [7, 11) is 0. The van der Waals surface area contributed by atoms with E-state index in [1.54, 1.807) is 0 Å². The molecule has 0 radical (unpaired) electrons. The first-order valence-corrected chi connectivity index (χ1v) is 6.67. The molecule has 0 saturated heterocycles. The Labute approximate surface area is 100 Å². The standard InChI is InChI=1S/C14H27NO/c1-4-7-11(2)12(3)15-10-13-8-5-6-9-14(13)16/h4,11-16H,1,5-10H2,2-3H3. The molecule has 0 spiro atoms. The van der Waals surface area contributed by atoms with Crippen LogP contribution in [0.1, 0.15) is 46.0 Å². The van der Waals surface area contributed by atoms with Crippen LogP contribution >= 0.6 is 0 Å². The fraction of sp³-hybridized carbons (Fsp3) is 0.857. The van der Waals surface area contributed by atoms with Gasteiger partial charge in [-0.05, 0) is 38.0 Å². The molecule has 0 aromatic carbocycles. The summed E-state index contributed by atoms with van der Waals surface area (Å²) in [5, 5.41) is 13.4. The first kappa shape index (κ1) is 13.7. The second-order valence-electron chi connectivity index (χ2n) is 5.31. The van der Waals surface area contributed by atoms with Crippen molar-refractivity contribution in [3.8, 4) is 0 Å². The van der Waals surface area contributed by atoms with Crippen LogP contribution in [-0.4, -0.2) is 23.8 Å². The number of nitrogens with one attached hydrogen (secondary N) is 1. The number of allylic oxidation sites excluding steroid dienone is 1. The molecule has 0 aliphatic heterocycles. The van der Waals surface area contributed by atoms with Crippen LogP contribution in [0.4, 0.5) is 0 Å². The quantitative estimate of drug-likeness (QED) is 0.681. The average Bonchev–Trinajstić information content (AvgIpc) is 2.28. The third-order valence-corrected chi connectivity index (χ3v) is 3.96. The number of rotatable bonds is 6. The lowest BCUT2D eigenvalue weighted by molar-refractivity contribution is 0.0674. The van der Waals surface area contributed by atoms with E-state index < -0.39 is 0 Å². The van der Waals surface area contributed by atoms with Gasteiger partial charge in [0.2, 0.25) is 0 Å². The number of aliphatic hydroxyl groups excluding tert-OH is 1. The van der Waals surface area contributed by atoms with E-state index in [4.69, 9.17) is 0 Å². The number of aliphatic hydroxyl groups is 1. The van der Waals surface area contributed by atoms with Crippen LogP contribution in [0.2, 0.25) is 0 Å². The second kappa shape index (κ2) is 7.08. The van der Waals surface area contributed by atoms with Gasteiger partial charge in [0, 0.05) is 12.6 Å². The van der Waals surface area contributed by atoms with E-state index in [-0.39, 0.29) is 6.10 Å². The minimum absolute atomic E-state index is 0.0804. The zero-order valence-electron chi connectivity index (χ0n) is 10.8. The van der Waals surface area contributed by atoms with E-state index in [2.05, 4.69) is 25.7 Å². The maximum absolute atomic E-state index is 9.87. The van der Waals surface area contributed by atoms with Crippen molar-refractivity contribution in [1.29, 1.82) is 0 Å². The number of hydrogen-bond donors (Lipinski definition) is 2. The van der Waals surface area contributed by atoms with Crippen molar-refractivity contribution in [2.75, 3.05) is 6.54 Å². The van der Waals surface area contributed by atoms with Crippen LogP contribution in [0.25, 0.3) is 0 Å². The monoisotopic (exact) mass is 225 g/mol. The molecule has 0 amide bonds. The Morgan fingerprint density at radius 3 is 2.69 bits per heavy atom. The highest BCUT2D eigenvalue weighted by Crippen LogP contribution is 2.24. The molecule has 4 atom stereocenters. The van der Waals surface area contributed by atoms with Crippen molar-refractivity contribution in [2.24, 2.45) is 11.8 Å². The van der Waals surface area contributed by atoms with Crippen molar-refractivity contribution < 1.29 is 5.11 Å². The van der Waals surface area contributed by atoms with Gasteiger partial charge in [-0.3, -0.25) is 0 Å². The first-order chi connectivity index (χ1) is 7.65. The van der Waals surface area contributed by atoms with Gasteiger partial charge in [-0.1, -0.05) is 25.8 Å². The Kier molecular flexibility index (Phi) is 6.07. The van der Waals surface area contributed by atoms with Crippen molar-refractivity contribution in [1.82, 2.24) is 5.32 Å². The second-order valence-corrected chi connectivity index (χ2v) is 5.31. The molecular weight excluding hydrogens is 198 g/mol. The van der Waals surface area contributed by atoms with E-state index in [0.717, 1.165) is 19.4 Å². The Balaban J connectivity index is 2.24. The molecule has 1 saturated carbocycles. The van der Waals surface area contributed by atoms with E-state index in [1.165, 1.54) is 19.3 Å². The van der Waals surface area contributed by atoms with Gasteiger partial charge in [0.15, 0.2) is 0 Å². The summed E-state index contributed by atoms with van der Waals surface area (Å²) in [6, 6.07) is 0.507. The topological polar surface area (TPSA) is 32.3 Å². The van der Waals surface area contributed by atoms with E-state index in [9.17, 15) is 5.11 Å². The van der Waals surface area contributed by atoms with Crippen LogP contribution in [0.15, 0.2) is 12.7 Å². The van der Waals surface area contributed by atoms with Gasteiger partial charge in [-0.25, -0.2) is 0 Å². The van der Waals surface area contributed by atoms with Gasteiger partial charge < -0.3 is 10.4 Å². The fourth-order valence-electron chi connectivity index (χ4n) is 2.43. The zero-order valence-corrected chi connectivity index (χ0v) is 10.8. The minimum Gasteiger partial charge on any atom is -0.393 e. The maximum atomic E-state index is 9.87. The van der Waals surface area contributed by atoms with Crippen molar-refractivity contribution in [2.45, 2.75) is 58.1 Å². The van der Waals surface area contributed by atoms with Gasteiger partial charge in [0.05, 0.1) is 6.10 Å².